The number of aryl methyl sites for hydroxylation is 1. The number of esters is 1. The molecule has 5 heteroatoms. The Morgan fingerprint density at radius 1 is 1.33 bits per heavy atom. The van der Waals surface area contributed by atoms with E-state index < -0.39 is 5.41 Å². The molecule has 1 aromatic carbocycles. The lowest BCUT2D eigenvalue weighted by atomic mass is 9.88. The van der Waals surface area contributed by atoms with Crippen LogP contribution in [0, 0.1) is 25.2 Å². The van der Waals surface area contributed by atoms with Crippen LogP contribution in [0.2, 0.25) is 0 Å². The Bertz CT molecular complexity index is 579. The van der Waals surface area contributed by atoms with Crippen molar-refractivity contribution in [1.29, 1.82) is 0 Å². The second kappa shape index (κ2) is 8.75. The predicted octanol–water partition coefficient (Wildman–Crippen LogP) is 5.16. The summed E-state index contributed by atoms with van der Waals surface area (Å²) in [5.74, 6) is 0.836. The molecule has 0 aromatic heterocycles. The van der Waals surface area contributed by atoms with Crippen molar-refractivity contribution in [3.8, 4) is 11.5 Å². The van der Waals surface area contributed by atoms with Gasteiger partial charge in [0, 0.05) is 10.0 Å². The van der Waals surface area contributed by atoms with Crippen LogP contribution >= 0.6 is 15.9 Å². The van der Waals surface area contributed by atoms with Gasteiger partial charge in [-0.2, -0.15) is 0 Å². The van der Waals surface area contributed by atoms with E-state index >= 15 is 0 Å². The molecule has 0 amide bonds. The van der Waals surface area contributed by atoms with Crippen LogP contribution in [-0.2, 0) is 9.53 Å². The molecule has 0 bridgehead atoms. The summed E-state index contributed by atoms with van der Waals surface area (Å²) in [6.45, 7) is 12.4. The molecule has 1 rings (SSSR count). The van der Waals surface area contributed by atoms with E-state index in [0.29, 0.717) is 37.7 Å². The average Bonchev–Trinajstić information content (AvgIpc) is 2.49. The molecule has 0 saturated heterocycles. The van der Waals surface area contributed by atoms with Crippen LogP contribution in [-0.4, -0.2) is 24.3 Å². The maximum Gasteiger partial charge on any atom is 0.311 e. The van der Waals surface area contributed by atoms with Crippen LogP contribution in [0.4, 0.5) is 0 Å². The standard InChI is InChI=1S/C19H29BrO4/c1-12(2)11-24-18(22)19(5,6)8-7-9-23-17-13(3)10-15(20)14(4)16(17)21/h10,12,21H,7-9,11H2,1-6H3. The third kappa shape index (κ3) is 5.69. The van der Waals surface area contributed by atoms with Crippen LogP contribution in [0.1, 0.15) is 51.7 Å². The number of halogens is 1. The number of aromatic hydroxyl groups is 1. The number of carbonyl (C=O) groups excluding carboxylic acids is 1. The summed E-state index contributed by atoms with van der Waals surface area (Å²) in [7, 11) is 0. The average molecular weight is 401 g/mol. The summed E-state index contributed by atoms with van der Waals surface area (Å²) in [6, 6.07) is 1.93. The Labute approximate surface area is 153 Å². The summed E-state index contributed by atoms with van der Waals surface area (Å²) >= 11 is 3.41. The highest BCUT2D eigenvalue weighted by atomic mass is 79.9. The fraction of sp³-hybridized carbons (Fsp3) is 0.632. The molecular weight excluding hydrogens is 372 g/mol. The molecule has 0 aliphatic carbocycles. The lowest BCUT2D eigenvalue weighted by molar-refractivity contribution is -0.155. The van der Waals surface area contributed by atoms with Gasteiger partial charge in [-0.25, -0.2) is 0 Å². The molecule has 0 aliphatic heterocycles. The number of rotatable bonds is 8. The minimum atomic E-state index is -0.537. The van der Waals surface area contributed by atoms with E-state index in [2.05, 4.69) is 15.9 Å². The normalized spacial score (nSPS) is 11.7. The fourth-order valence-electron chi connectivity index (χ4n) is 2.24. The Morgan fingerprint density at radius 3 is 2.54 bits per heavy atom. The third-order valence-electron chi connectivity index (χ3n) is 3.92. The molecule has 136 valence electrons. The Balaban J connectivity index is 2.54. The van der Waals surface area contributed by atoms with Gasteiger partial charge in [-0.3, -0.25) is 4.79 Å². The van der Waals surface area contributed by atoms with Gasteiger partial charge in [0.05, 0.1) is 18.6 Å². The molecule has 1 N–H and O–H groups in total. The van der Waals surface area contributed by atoms with Crippen LogP contribution in [0.25, 0.3) is 0 Å². The van der Waals surface area contributed by atoms with Gasteiger partial charge in [-0.15, -0.1) is 0 Å². The summed E-state index contributed by atoms with van der Waals surface area (Å²) in [5.41, 5.74) is 1.10. The van der Waals surface area contributed by atoms with Crippen molar-refractivity contribution in [2.24, 2.45) is 11.3 Å². The molecule has 0 unspecified atom stereocenters. The monoisotopic (exact) mass is 400 g/mol. The zero-order valence-corrected chi connectivity index (χ0v) is 17.1. The summed E-state index contributed by atoms with van der Waals surface area (Å²) in [4.78, 5) is 12.1. The van der Waals surface area contributed by atoms with Crippen molar-refractivity contribution in [2.45, 2.75) is 54.4 Å². The van der Waals surface area contributed by atoms with E-state index in [9.17, 15) is 9.90 Å². The molecule has 0 atom stereocenters. The van der Waals surface area contributed by atoms with Gasteiger partial charge in [0.1, 0.15) is 0 Å². The summed E-state index contributed by atoms with van der Waals surface area (Å²) in [5, 5.41) is 10.2. The van der Waals surface area contributed by atoms with Gasteiger partial charge in [-0.05, 0) is 58.1 Å². The number of carbonyl (C=O) groups is 1. The third-order valence-corrected chi connectivity index (χ3v) is 4.75. The van der Waals surface area contributed by atoms with E-state index in [1.165, 1.54) is 0 Å². The quantitative estimate of drug-likeness (QED) is 0.483. The number of phenols is 1. The Hall–Kier alpha value is -1.23. The van der Waals surface area contributed by atoms with Gasteiger partial charge in [0.25, 0.3) is 0 Å². The fourth-order valence-corrected chi connectivity index (χ4v) is 2.78. The van der Waals surface area contributed by atoms with Crippen molar-refractivity contribution >= 4 is 21.9 Å². The molecule has 24 heavy (non-hydrogen) atoms. The van der Waals surface area contributed by atoms with Gasteiger partial charge < -0.3 is 14.6 Å². The SMILES string of the molecule is Cc1cc(Br)c(C)c(O)c1OCCCC(C)(C)C(=O)OCC(C)C. The van der Waals surface area contributed by atoms with Crippen LogP contribution in [0.15, 0.2) is 10.5 Å². The van der Waals surface area contributed by atoms with E-state index in [-0.39, 0.29) is 11.7 Å². The van der Waals surface area contributed by atoms with E-state index in [1.807, 2.05) is 47.6 Å². The second-order valence-corrected chi connectivity index (χ2v) is 8.16. The first-order valence-electron chi connectivity index (χ1n) is 8.35. The molecule has 0 spiro atoms. The summed E-state index contributed by atoms with van der Waals surface area (Å²) in [6.07, 6.45) is 1.37. The van der Waals surface area contributed by atoms with E-state index in [0.717, 1.165) is 15.6 Å². The molecule has 0 saturated carbocycles. The van der Waals surface area contributed by atoms with Gasteiger partial charge in [0.2, 0.25) is 0 Å². The first-order chi connectivity index (χ1) is 11.1. The number of hydrogen-bond acceptors (Lipinski definition) is 4. The first-order valence-corrected chi connectivity index (χ1v) is 9.14. The number of hydrogen-bond donors (Lipinski definition) is 1. The highest BCUT2D eigenvalue weighted by molar-refractivity contribution is 9.10. The minimum absolute atomic E-state index is 0.164. The lowest BCUT2D eigenvalue weighted by Crippen LogP contribution is -2.28. The maximum absolute atomic E-state index is 12.1. The molecular formula is C19H29BrO4. The second-order valence-electron chi connectivity index (χ2n) is 7.31. The zero-order chi connectivity index (χ0) is 18.5. The number of benzene rings is 1. The molecule has 0 radical (unpaired) electrons. The largest absolute Gasteiger partial charge is 0.504 e. The number of phenolic OH excluding ortho intramolecular Hbond substituents is 1. The number of ether oxygens (including phenoxy) is 2. The Morgan fingerprint density at radius 2 is 1.96 bits per heavy atom. The Kier molecular flexibility index (Phi) is 7.58. The van der Waals surface area contributed by atoms with E-state index in [4.69, 9.17) is 9.47 Å². The minimum Gasteiger partial charge on any atom is -0.504 e. The van der Waals surface area contributed by atoms with E-state index in [1.54, 1.807) is 0 Å². The summed E-state index contributed by atoms with van der Waals surface area (Å²) < 4.78 is 11.9. The first kappa shape index (κ1) is 20.8. The smallest absolute Gasteiger partial charge is 0.311 e. The molecule has 0 fully saturated rings. The van der Waals surface area contributed by atoms with Gasteiger partial charge in [-0.1, -0.05) is 29.8 Å². The van der Waals surface area contributed by atoms with Crippen LogP contribution in [0.5, 0.6) is 11.5 Å². The highest BCUT2D eigenvalue weighted by Crippen LogP contribution is 2.38. The lowest BCUT2D eigenvalue weighted by Gasteiger charge is -2.23. The predicted molar refractivity (Wildman–Crippen MR) is 99.6 cm³/mol. The van der Waals surface area contributed by atoms with Crippen LogP contribution in [0.3, 0.4) is 0 Å². The topological polar surface area (TPSA) is 55.8 Å². The van der Waals surface area contributed by atoms with Crippen molar-refractivity contribution in [3.05, 3.63) is 21.7 Å². The molecule has 0 heterocycles. The van der Waals surface area contributed by atoms with Crippen LogP contribution < -0.4 is 4.74 Å². The van der Waals surface area contributed by atoms with Crippen molar-refractivity contribution in [2.75, 3.05) is 13.2 Å². The highest BCUT2D eigenvalue weighted by Gasteiger charge is 2.29. The zero-order valence-electron chi connectivity index (χ0n) is 15.5. The van der Waals surface area contributed by atoms with Gasteiger partial charge in [0.15, 0.2) is 11.5 Å². The van der Waals surface area contributed by atoms with Crippen molar-refractivity contribution in [3.63, 3.8) is 0 Å². The van der Waals surface area contributed by atoms with Gasteiger partial charge >= 0.3 is 5.97 Å². The maximum atomic E-state index is 12.1. The molecule has 4 nitrogen and oxygen atoms in total. The van der Waals surface area contributed by atoms with Crippen molar-refractivity contribution < 1.29 is 19.4 Å². The molecule has 0 aliphatic rings. The molecule has 1 aromatic rings. The van der Waals surface area contributed by atoms with Crippen molar-refractivity contribution in [1.82, 2.24) is 0 Å².